The van der Waals surface area contributed by atoms with Crippen LogP contribution in [0.3, 0.4) is 0 Å². The minimum atomic E-state index is -0.179. The summed E-state index contributed by atoms with van der Waals surface area (Å²) in [7, 11) is 0. The fourth-order valence-corrected chi connectivity index (χ4v) is 1.95. The van der Waals surface area contributed by atoms with E-state index in [4.69, 9.17) is 18.6 Å². The molecule has 0 aliphatic rings. The van der Waals surface area contributed by atoms with Crippen molar-refractivity contribution >= 4 is 23.2 Å². The van der Waals surface area contributed by atoms with Gasteiger partial charge in [0.25, 0.3) is 0 Å². The minimum absolute atomic E-state index is 0.176. The summed E-state index contributed by atoms with van der Waals surface area (Å²) in [6.45, 7) is 5.91. The van der Waals surface area contributed by atoms with Gasteiger partial charge in [-0.2, -0.15) is 0 Å². The number of hydrogen-bond donors (Lipinski definition) is 2. The molecule has 2 N–H and O–H groups in total. The van der Waals surface area contributed by atoms with Crippen molar-refractivity contribution in [1.82, 2.24) is 10.6 Å². The molecule has 4 heteroatoms. The molecule has 100 valence electrons. The Morgan fingerprint density at radius 1 is 1.37 bits per heavy atom. The van der Waals surface area contributed by atoms with Crippen LogP contribution in [-0.2, 0) is 11.2 Å². The van der Waals surface area contributed by atoms with Crippen LogP contribution in [0.25, 0.3) is 0 Å². The van der Waals surface area contributed by atoms with Gasteiger partial charge in [-0.05, 0) is 44.6 Å². The number of rotatable bonds is 2. The van der Waals surface area contributed by atoms with E-state index in [1.165, 1.54) is 0 Å². The molecule has 0 heterocycles. The Morgan fingerprint density at radius 2 is 2.00 bits per heavy atom. The molecular formula is C15H18N2OS. The Bertz CT molecular complexity index is 524. The van der Waals surface area contributed by atoms with E-state index in [0.717, 1.165) is 11.1 Å². The third-order valence-electron chi connectivity index (χ3n) is 2.27. The zero-order valence-electron chi connectivity index (χ0n) is 11.4. The molecule has 0 saturated carbocycles. The van der Waals surface area contributed by atoms with Crippen LogP contribution in [0, 0.1) is 12.3 Å². The van der Waals surface area contributed by atoms with Crippen LogP contribution in [0.2, 0.25) is 0 Å². The molecule has 1 aromatic carbocycles. The summed E-state index contributed by atoms with van der Waals surface area (Å²) in [5.41, 5.74) is 1.37. The first kappa shape index (κ1) is 15.2. The van der Waals surface area contributed by atoms with E-state index in [-0.39, 0.29) is 17.9 Å². The number of hydrogen-bond acceptors (Lipinski definition) is 2. The summed E-state index contributed by atoms with van der Waals surface area (Å²) in [5, 5.41) is 6.00. The van der Waals surface area contributed by atoms with E-state index in [2.05, 4.69) is 16.6 Å². The van der Waals surface area contributed by atoms with Gasteiger partial charge in [-0.15, -0.1) is 6.42 Å². The quantitative estimate of drug-likeness (QED) is 0.640. The van der Waals surface area contributed by atoms with Crippen LogP contribution in [0.15, 0.2) is 24.3 Å². The predicted molar refractivity (Wildman–Crippen MR) is 81.7 cm³/mol. The van der Waals surface area contributed by atoms with Crippen molar-refractivity contribution in [3.05, 3.63) is 35.4 Å². The molecular weight excluding hydrogens is 256 g/mol. The highest BCUT2D eigenvalue weighted by molar-refractivity contribution is 7.80. The van der Waals surface area contributed by atoms with Crippen LogP contribution in [0.5, 0.6) is 0 Å². The molecule has 1 aromatic rings. The summed E-state index contributed by atoms with van der Waals surface area (Å²) in [6, 6.07) is 7.36. The molecule has 1 rings (SSSR count). The summed E-state index contributed by atoms with van der Waals surface area (Å²) < 4.78 is 0. The van der Waals surface area contributed by atoms with Crippen molar-refractivity contribution in [3.8, 4) is 12.3 Å². The average Bonchev–Trinajstić information content (AvgIpc) is 2.26. The van der Waals surface area contributed by atoms with Crippen molar-refractivity contribution in [2.24, 2.45) is 0 Å². The molecule has 0 bridgehead atoms. The zero-order chi connectivity index (χ0) is 14.5. The SMILES string of the molecule is C#Cc1ccccc1CC(=O)NC(=S)NC(C)(C)C. The number of terminal acetylenes is 1. The molecule has 0 unspecified atom stereocenters. The number of nitrogens with one attached hydrogen (secondary N) is 2. The third-order valence-corrected chi connectivity index (χ3v) is 2.47. The molecule has 0 radical (unpaired) electrons. The van der Waals surface area contributed by atoms with Gasteiger partial charge in [0, 0.05) is 11.1 Å². The fourth-order valence-electron chi connectivity index (χ4n) is 1.53. The second-order valence-corrected chi connectivity index (χ2v) is 5.64. The van der Waals surface area contributed by atoms with E-state index < -0.39 is 0 Å². The maximum Gasteiger partial charge on any atom is 0.230 e. The molecule has 1 amide bonds. The van der Waals surface area contributed by atoms with Gasteiger partial charge in [0.05, 0.1) is 6.42 Å². The summed E-state index contributed by atoms with van der Waals surface area (Å²) in [6.07, 6.45) is 5.61. The highest BCUT2D eigenvalue weighted by Gasteiger charge is 2.13. The molecule has 3 nitrogen and oxygen atoms in total. The van der Waals surface area contributed by atoms with Crippen LogP contribution in [-0.4, -0.2) is 16.6 Å². The number of benzene rings is 1. The van der Waals surface area contributed by atoms with Crippen LogP contribution in [0.1, 0.15) is 31.9 Å². The van der Waals surface area contributed by atoms with Crippen molar-refractivity contribution in [3.63, 3.8) is 0 Å². The first-order valence-corrected chi connectivity index (χ1v) is 6.39. The van der Waals surface area contributed by atoms with Crippen LogP contribution in [0.4, 0.5) is 0 Å². The van der Waals surface area contributed by atoms with Gasteiger partial charge in [-0.3, -0.25) is 4.79 Å². The molecule has 0 saturated heterocycles. The lowest BCUT2D eigenvalue weighted by molar-refractivity contribution is -0.119. The molecule has 0 aromatic heterocycles. The maximum atomic E-state index is 11.9. The number of amides is 1. The standard InChI is InChI=1S/C15H18N2OS/c1-5-11-8-6-7-9-12(11)10-13(18)16-14(19)17-15(2,3)4/h1,6-9H,10H2,2-4H3,(H2,16,17,18,19). The van der Waals surface area contributed by atoms with E-state index in [1.54, 1.807) is 0 Å². The Balaban J connectivity index is 2.62. The van der Waals surface area contributed by atoms with Gasteiger partial charge < -0.3 is 10.6 Å². The van der Waals surface area contributed by atoms with Gasteiger partial charge in [0.2, 0.25) is 5.91 Å². The zero-order valence-corrected chi connectivity index (χ0v) is 12.2. The van der Waals surface area contributed by atoms with E-state index in [0.29, 0.717) is 5.11 Å². The maximum absolute atomic E-state index is 11.9. The Hall–Kier alpha value is -1.86. The molecule has 0 aliphatic carbocycles. The Kier molecular flexibility index (Phi) is 5.08. The number of carbonyl (C=O) groups is 1. The second kappa shape index (κ2) is 6.35. The average molecular weight is 274 g/mol. The summed E-state index contributed by atoms with van der Waals surface area (Å²) in [5.74, 6) is 2.39. The molecule has 19 heavy (non-hydrogen) atoms. The summed E-state index contributed by atoms with van der Waals surface area (Å²) >= 11 is 5.07. The van der Waals surface area contributed by atoms with Crippen molar-refractivity contribution < 1.29 is 4.79 Å². The van der Waals surface area contributed by atoms with E-state index in [9.17, 15) is 4.79 Å². The number of carbonyl (C=O) groups excluding carboxylic acids is 1. The molecule has 0 fully saturated rings. The Labute approximate surface area is 119 Å². The summed E-state index contributed by atoms with van der Waals surface area (Å²) in [4.78, 5) is 11.9. The van der Waals surface area contributed by atoms with E-state index >= 15 is 0 Å². The smallest absolute Gasteiger partial charge is 0.230 e. The lowest BCUT2D eigenvalue weighted by atomic mass is 10.1. The Morgan fingerprint density at radius 3 is 2.58 bits per heavy atom. The minimum Gasteiger partial charge on any atom is -0.358 e. The predicted octanol–water partition coefficient (Wildman–Crippen LogP) is 2.00. The van der Waals surface area contributed by atoms with Gasteiger partial charge >= 0.3 is 0 Å². The van der Waals surface area contributed by atoms with Crippen molar-refractivity contribution in [2.75, 3.05) is 0 Å². The lowest BCUT2D eigenvalue weighted by Gasteiger charge is -2.22. The largest absolute Gasteiger partial charge is 0.358 e. The first-order chi connectivity index (χ1) is 8.81. The van der Waals surface area contributed by atoms with Crippen LogP contribution >= 0.6 is 12.2 Å². The molecule has 0 aliphatic heterocycles. The highest BCUT2D eigenvalue weighted by atomic mass is 32.1. The molecule has 0 atom stereocenters. The van der Waals surface area contributed by atoms with E-state index in [1.807, 2.05) is 45.0 Å². The first-order valence-electron chi connectivity index (χ1n) is 5.98. The van der Waals surface area contributed by atoms with Gasteiger partial charge in [0.1, 0.15) is 0 Å². The van der Waals surface area contributed by atoms with Crippen molar-refractivity contribution in [1.29, 1.82) is 0 Å². The normalized spacial score (nSPS) is 10.4. The topological polar surface area (TPSA) is 41.1 Å². The molecule has 0 spiro atoms. The van der Waals surface area contributed by atoms with Crippen molar-refractivity contribution in [2.45, 2.75) is 32.7 Å². The monoisotopic (exact) mass is 274 g/mol. The fraction of sp³-hybridized carbons (Fsp3) is 0.333. The van der Waals surface area contributed by atoms with Gasteiger partial charge in [-0.25, -0.2) is 0 Å². The van der Waals surface area contributed by atoms with Gasteiger partial charge in [0.15, 0.2) is 5.11 Å². The number of thiocarbonyl (C=S) groups is 1. The second-order valence-electron chi connectivity index (χ2n) is 5.23. The third kappa shape index (κ3) is 5.54. The highest BCUT2D eigenvalue weighted by Crippen LogP contribution is 2.07. The van der Waals surface area contributed by atoms with Gasteiger partial charge in [-0.1, -0.05) is 24.1 Å². The lowest BCUT2D eigenvalue weighted by Crippen LogP contribution is -2.48. The van der Waals surface area contributed by atoms with Crippen LogP contribution < -0.4 is 10.6 Å².